The summed E-state index contributed by atoms with van der Waals surface area (Å²) in [6.45, 7) is 2.17. The molecule has 2 aromatic heterocycles. The topological polar surface area (TPSA) is 41.4 Å². The highest BCUT2D eigenvalue weighted by atomic mass is 19.4. The molecule has 1 aliphatic rings. The Kier molecular flexibility index (Phi) is 4.98. The second kappa shape index (κ2) is 7.46. The number of rotatable bonds is 3. The van der Waals surface area contributed by atoms with Gasteiger partial charge in [0.05, 0.1) is 5.56 Å². The number of hydrogen-bond donors (Lipinski definition) is 0. The van der Waals surface area contributed by atoms with Gasteiger partial charge in [-0.05, 0) is 30.3 Å². The number of carbonyl (C=O) groups is 1. The molecule has 4 rings (SSSR count). The molecule has 0 spiro atoms. The van der Waals surface area contributed by atoms with Crippen molar-refractivity contribution in [3.8, 4) is 0 Å². The largest absolute Gasteiger partial charge is 0.416 e. The smallest absolute Gasteiger partial charge is 0.368 e. The number of anilines is 1. The van der Waals surface area contributed by atoms with E-state index in [-0.39, 0.29) is 17.9 Å². The van der Waals surface area contributed by atoms with Crippen molar-refractivity contribution in [2.45, 2.75) is 12.7 Å². The summed E-state index contributed by atoms with van der Waals surface area (Å²) < 4.78 is 40.3. The number of carbonyl (C=O) groups excluding carboxylic acids is 1. The van der Waals surface area contributed by atoms with Crippen LogP contribution in [0.4, 0.5) is 18.9 Å². The minimum atomic E-state index is -4.42. The zero-order valence-electron chi connectivity index (χ0n) is 15.6. The average molecular weight is 398 g/mol. The zero-order valence-corrected chi connectivity index (χ0v) is 15.6. The van der Waals surface area contributed by atoms with Crippen molar-refractivity contribution in [3.63, 3.8) is 0 Å². The molecule has 0 N–H and O–H groups in total. The molecule has 29 heavy (non-hydrogen) atoms. The molecule has 0 unspecified atom stereocenters. The van der Waals surface area contributed by atoms with E-state index >= 15 is 0 Å². The summed E-state index contributed by atoms with van der Waals surface area (Å²) in [4.78, 5) is 20.7. The molecular formula is C20H18BF3N4O. The lowest BCUT2D eigenvalue weighted by molar-refractivity contribution is -0.137. The lowest BCUT2D eigenvalue weighted by Gasteiger charge is -2.37. The number of piperazine rings is 1. The maximum atomic E-state index is 12.8. The van der Waals surface area contributed by atoms with Crippen LogP contribution in [0.5, 0.6) is 0 Å². The van der Waals surface area contributed by atoms with Gasteiger partial charge in [-0.3, -0.25) is 4.79 Å². The lowest BCUT2D eigenvalue weighted by atomic mass is 9.91. The van der Waals surface area contributed by atoms with E-state index in [2.05, 4.69) is 4.98 Å². The highest BCUT2D eigenvalue weighted by Crippen LogP contribution is 2.29. The van der Waals surface area contributed by atoms with Gasteiger partial charge in [0, 0.05) is 49.6 Å². The van der Waals surface area contributed by atoms with Crippen LogP contribution in [-0.2, 0) is 17.5 Å². The number of benzene rings is 1. The first-order valence-corrected chi connectivity index (χ1v) is 9.22. The van der Waals surface area contributed by atoms with Gasteiger partial charge in [-0.2, -0.15) is 13.2 Å². The maximum Gasteiger partial charge on any atom is 0.416 e. The van der Waals surface area contributed by atoms with Gasteiger partial charge in [-0.25, -0.2) is 4.98 Å². The number of halogens is 3. The molecule has 2 radical (unpaired) electrons. The van der Waals surface area contributed by atoms with E-state index in [1.54, 1.807) is 11.1 Å². The standard InChI is InChI=1S/C20H18BF3N4O/c21-16-12-15(20(22,23)24)3-4-17(16)26-8-10-27(11-9-26)18(29)13-28-7-5-14-2-1-6-25-19(14)28/h1-7,12H,8-11,13H2. The van der Waals surface area contributed by atoms with Gasteiger partial charge in [-0.1, -0.05) is 11.5 Å². The van der Waals surface area contributed by atoms with Crippen LogP contribution >= 0.6 is 0 Å². The van der Waals surface area contributed by atoms with Gasteiger partial charge in [0.2, 0.25) is 5.91 Å². The minimum absolute atomic E-state index is 0.0202. The van der Waals surface area contributed by atoms with Gasteiger partial charge in [-0.15, -0.1) is 0 Å². The molecule has 9 heteroatoms. The number of alkyl halides is 3. The van der Waals surface area contributed by atoms with Crippen LogP contribution in [0.15, 0.2) is 48.8 Å². The number of nitrogens with zero attached hydrogens (tertiary/aromatic N) is 4. The highest BCUT2D eigenvalue weighted by Gasteiger charge is 2.31. The number of fused-ring (bicyclic) bond motifs is 1. The molecule has 148 valence electrons. The molecule has 5 nitrogen and oxygen atoms in total. The summed E-state index contributed by atoms with van der Waals surface area (Å²) in [7, 11) is 5.85. The van der Waals surface area contributed by atoms with Crippen molar-refractivity contribution >= 4 is 35.9 Å². The fourth-order valence-corrected chi connectivity index (χ4v) is 3.61. The SMILES string of the molecule is [B]c1cc(C(F)(F)F)ccc1N1CCN(C(=O)Cn2ccc3cccnc32)CC1. The van der Waals surface area contributed by atoms with Crippen LogP contribution in [0.1, 0.15) is 5.56 Å². The van der Waals surface area contributed by atoms with E-state index in [4.69, 9.17) is 7.85 Å². The normalized spacial score (nSPS) is 15.1. The number of hydrogen-bond acceptors (Lipinski definition) is 3. The summed E-state index contributed by atoms with van der Waals surface area (Å²) in [6.07, 6.45) is -0.888. The molecule has 1 aromatic carbocycles. The fourth-order valence-electron chi connectivity index (χ4n) is 3.61. The summed E-state index contributed by atoms with van der Waals surface area (Å²) in [6, 6.07) is 9.09. The van der Waals surface area contributed by atoms with Crippen molar-refractivity contribution in [2.75, 3.05) is 31.1 Å². The van der Waals surface area contributed by atoms with E-state index in [0.29, 0.717) is 31.9 Å². The van der Waals surface area contributed by atoms with Crippen molar-refractivity contribution in [3.05, 3.63) is 54.4 Å². The monoisotopic (exact) mass is 398 g/mol. The molecule has 0 saturated carbocycles. The van der Waals surface area contributed by atoms with Gasteiger partial charge >= 0.3 is 6.18 Å². The number of amides is 1. The second-order valence-electron chi connectivity index (χ2n) is 7.00. The zero-order chi connectivity index (χ0) is 20.6. The Balaban J connectivity index is 1.40. The Labute approximate surface area is 167 Å². The third-order valence-corrected chi connectivity index (χ3v) is 5.16. The fraction of sp³-hybridized carbons (Fsp3) is 0.300. The summed E-state index contributed by atoms with van der Waals surface area (Å²) in [5.74, 6) is -0.0202. The van der Waals surface area contributed by atoms with Crippen molar-refractivity contribution in [2.24, 2.45) is 0 Å². The molecule has 0 bridgehead atoms. The van der Waals surface area contributed by atoms with Crippen molar-refractivity contribution < 1.29 is 18.0 Å². The predicted octanol–water partition coefficient (Wildman–Crippen LogP) is 2.20. The van der Waals surface area contributed by atoms with E-state index in [1.807, 2.05) is 33.9 Å². The Morgan fingerprint density at radius 1 is 1.10 bits per heavy atom. The lowest BCUT2D eigenvalue weighted by Crippen LogP contribution is -2.50. The van der Waals surface area contributed by atoms with Crippen LogP contribution in [0.25, 0.3) is 11.0 Å². The van der Waals surface area contributed by atoms with Gasteiger partial charge < -0.3 is 14.4 Å². The minimum Gasteiger partial charge on any atom is -0.368 e. The molecule has 1 saturated heterocycles. The second-order valence-corrected chi connectivity index (χ2v) is 7.00. The van der Waals surface area contributed by atoms with E-state index in [9.17, 15) is 18.0 Å². The molecule has 3 aromatic rings. The summed E-state index contributed by atoms with van der Waals surface area (Å²) in [5.41, 5.74) is 0.646. The summed E-state index contributed by atoms with van der Waals surface area (Å²) in [5, 5.41) is 0.975. The third kappa shape index (κ3) is 3.94. The van der Waals surface area contributed by atoms with E-state index in [0.717, 1.165) is 23.2 Å². The van der Waals surface area contributed by atoms with Crippen LogP contribution < -0.4 is 10.4 Å². The highest BCUT2D eigenvalue weighted by molar-refractivity contribution is 6.36. The predicted molar refractivity (Wildman–Crippen MR) is 105 cm³/mol. The molecule has 1 aliphatic heterocycles. The van der Waals surface area contributed by atoms with Crippen molar-refractivity contribution in [1.29, 1.82) is 0 Å². The Hall–Kier alpha value is -2.97. The van der Waals surface area contributed by atoms with Gasteiger partial charge in [0.25, 0.3) is 0 Å². The number of aromatic nitrogens is 2. The number of pyridine rings is 1. The van der Waals surface area contributed by atoms with Crippen LogP contribution in [-0.4, -0.2) is 54.4 Å². The van der Waals surface area contributed by atoms with Crippen LogP contribution in [0.3, 0.4) is 0 Å². The molecule has 3 heterocycles. The Morgan fingerprint density at radius 3 is 2.55 bits per heavy atom. The molecule has 0 aliphatic carbocycles. The molecule has 1 amide bonds. The maximum absolute atomic E-state index is 12.8. The van der Waals surface area contributed by atoms with Crippen molar-refractivity contribution in [1.82, 2.24) is 14.5 Å². The van der Waals surface area contributed by atoms with Gasteiger partial charge in [0.15, 0.2) is 0 Å². The van der Waals surface area contributed by atoms with E-state index in [1.165, 1.54) is 6.07 Å². The summed E-state index contributed by atoms with van der Waals surface area (Å²) >= 11 is 0. The first kappa shape index (κ1) is 19.4. The Morgan fingerprint density at radius 2 is 1.86 bits per heavy atom. The molecular weight excluding hydrogens is 380 g/mol. The first-order chi connectivity index (χ1) is 13.8. The average Bonchev–Trinajstić information content (AvgIpc) is 3.10. The molecule has 1 fully saturated rings. The quantitative estimate of drug-likeness (QED) is 0.636. The van der Waals surface area contributed by atoms with Gasteiger partial charge in [0.1, 0.15) is 20.0 Å². The first-order valence-electron chi connectivity index (χ1n) is 9.22. The third-order valence-electron chi connectivity index (χ3n) is 5.16. The van der Waals surface area contributed by atoms with E-state index < -0.39 is 11.7 Å². The Bertz CT molecular complexity index is 1040. The molecule has 0 atom stereocenters. The van der Waals surface area contributed by atoms with Crippen LogP contribution in [0.2, 0.25) is 0 Å². The van der Waals surface area contributed by atoms with Crippen LogP contribution in [0, 0.1) is 0 Å².